The van der Waals surface area contributed by atoms with Crippen LogP contribution < -0.4 is 10.9 Å². The van der Waals surface area contributed by atoms with Gasteiger partial charge in [0, 0.05) is 19.7 Å². The Kier molecular flexibility index (Phi) is 5.19. The van der Waals surface area contributed by atoms with E-state index in [-0.39, 0.29) is 5.56 Å². The summed E-state index contributed by atoms with van der Waals surface area (Å²) in [5.41, 5.74) is 0.488. The van der Waals surface area contributed by atoms with Crippen molar-refractivity contribution in [3.63, 3.8) is 0 Å². The number of anilines is 1. The molecular formula is C12H17N5O2S. The van der Waals surface area contributed by atoms with Gasteiger partial charge in [-0.2, -0.15) is 5.10 Å². The van der Waals surface area contributed by atoms with Gasteiger partial charge in [0.25, 0.3) is 5.56 Å². The fraction of sp³-hybridized carbons (Fsp3) is 0.500. The van der Waals surface area contributed by atoms with Gasteiger partial charge in [-0.25, -0.2) is 4.68 Å². The zero-order valence-corrected chi connectivity index (χ0v) is 12.3. The molecule has 0 unspecified atom stereocenters. The lowest BCUT2D eigenvalue weighted by molar-refractivity contribution is 0.182. The second kappa shape index (κ2) is 7.11. The number of ether oxygens (including phenoxy) is 1. The van der Waals surface area contributed by atoms with E-state index in [0.29, 0.717) is 23.9 Å². The Hall–Kier alpha value is -1.80. The van der Waals surface area contributed by atoms with Crippen molar-refractivity contribution in [2.75, 3.05) is 25.6 Å². The molecule has 0 radical (unpaired) electrons. The predicted molar refractivity (Wildman–Crippen MR) is 78.1 cm³/mol. The van der Waals surface area contributed by atoms with Crippen molar-refractivity contribution >= 4 is 16.5 Å². The van der Waals surface area contributed by atoms with Crippen LogP contribution in [-0.4, -0.2) is 40.2 Å². The lowest BCUT2D eigenvalue weighted by Crippen LogP contribution is -2.24. The molecule has 0 aliphatic rings. The van der Waals surface area contributed by atoms with E-state index in [1.165, 1.54) is 22.1 Å². The number of rotatable bonds is 7. The first kappa shape index (κ1) is 14.6. The van der Waals surface area contributed by atoms with E-state index in [4.69, 9.17) is 4.74 Å². The molecule has 108 valence electrons. The van der Waals surface area contributed by atoms with E-state index in [0.717, 1.165) is 18.1 Å². The van der Waals surface area contributed by atoms with Crippen LogP contribution in [0, 0.1) is 0 Å². The molecule has 0 saturated heterocycles. The van der Waals surface area contributed by atoms with Crippen LogP contribution in [0.2, 0.25) is 0 Å². The predicted octanol–water partition coefficient (Wildman–Crippen LogP) is 1.23. The number of hydrogen-bond acceptors (Lipinski definition) is 7. The molecule has 2 aromatic rings. The lowest BCUT2D eigenvalue weighted by Gasteiger charge is -2.04. The molecule has 2 rings (SSSR count). The maximum Gasteiger partial charge on any atom is 0.266 e. The Balaban J connectivity index is 2.19. The van der Waals surface area contributed by atoms with E-state index in [1.807, 2.05) is 0 Å². The van der Waals surface area contributed by atoms with Crippen LogP contribution >= 0.6 is 11.3 Å². The molecule has 0 aliphatic heterocycles. The van der Waals surface area contributed by atoms with E-state index in [9.17, 15) is 4.79 Å². The summed E-state index contributed by atoms with van der Waals surface area (Å²) in [6.45, 7) is 3.80. The largest absolute Gasteiger partial charge is 0.383 e. The second-order valence-electron chi connectivity index (χ2n) is 4.11. The van der Waals surface area contributed by atoms with Gasteiger partial charge in [-0.15, -0.1) is 10.2 Å². The minimum absolute atomic E-state index is 0.153. The molecule has 0 fully saturated rings. The van der Waals surface area contributed by atoms with Crippen LogP contribution in [0.15, 0.2) is 16.9 Å². The summed E-state index contributed by atoms with van der Waals surface area (Å²) in [7, 11) is 1.59. The smallest absolute Gasteiger partial charge is 0.266 e. The van der Waals surface area contributed by atoms with Crippen molar-refractivity contribution in [1.82, 2.24) is 20.0 Å². The summed E-state index contributed by atoms with van der Waals surface area (Å²) in [5.74, 6) is 0. The van der Waals surface area contributed by atoms with E-state index < -0.39 is 0 Å². The van der Waals surface area contributed by atoms with E-state index in [1.54, 1.807) is 13.2 Å². The van der Waals surface area contributed by atoms with Crippen molar-refractivity contribution in [3.05, 3.63) is 22.5 Å². The molecule has 2 aromatic heterocycles. The van der Waals surface area contributed by atoms with Crippen LogP contribution in [0.3, 0.4) is 0 Å². The molecule has 8 heteroatoms. The third-order valence-electron chi connectivity index (χ3n) is 2.54. The van der Waals surface area contributed by atoms with E-state index in [2.05, 4.69) is 27.5 Å². The van der Waals surface area contributed by atoms with Crippen molar-refractivity contribution in [2.45, 2.75) is 19.9 Å². The normalized spacial score (nSPS) is 10.7. The third-order valence-corrected chi connectivity index (χ3v) is 3.45. The monoisotopic (exact) mass is 295 g/mol. The quantitative estimate of drug-likeness (QED) is 0.827. The molecule has 20 heavy (non-hydrogen) atoms. The van der Waals surface area contributed by atoms with Gasteiger partial charge < -0.3 is 10.1 Å². The van der Waals surface area contributed by atoms with Gasteiger partial charge in [-0.3, -0.25) is 4.79 Å². The number of hydrogen-bond donors (Lipinski definition) is 1. The van der Waals surface area contributed by atoms with Gasteiger partial charge >= 0.3 is 0 Å². The Labute approximate surface area is 120 Å². The minimum atomic E-state index is -0.153. The molecule has 2 heterocycles. The number of nitrogens with zero attached hydrogens (tertiary/aromatic N) is 4. The third kappa shape index (κ3) is 3.61. The summed E-state index contributed by atoms with van der Waals surface area (Å²) in [6.07, 6.45) is 1.02. The maximum absolute atomic E-state index is 11.7. The van der Waals surface area contributed by atoms with Crippen molar-refractivity contribution in [2.24, 2.45) is 0 Å². The van der Waals surface area contributed by atoms with Crippen molar-refractivity contribution < 1.29 is 4.74 Å². The molecule has 0 spiro atoms. The minimum Gasteiger partial charge on any atom is -0.383 e. The highest BCUT2D eigenvalue weighted by atomic mass is 32.1. The van der Waals surface area contributed by atoms with Gasteiger partial charge in [0.15, 0.2) is 5.01 Å². The summed E-state index contributed by atoms with van der Waals surface area (Å²) in [5, 5.41) is 17.0. The molecule has 0 aromatic carbocycles. The molecule has 1 N–H and O–H groups in total. The van der Waals surface area contributed by atoms with Gasteiger partial charge in [0.2, 0.25) is 5.13 Å². The van der Waals surface area contributed by atoms with Crippen LogP contribution in [-0.2, 0) is 11.3 Å². The van der Waals surface area contributed by atoms with Crippen molar-refractivity contribution in [1.29, 1.82) is 0 Å². The first-order valence-electron chi connectivity index (χ1n) is 6.39. The molecule has 0 saturated carbocycles. The number of nitrogens with one attached hydrogen (secondary N) is 1. The fourth-order valence-electron chi connectivity index (χ4n) is 1.53. The highest BCUT2D eigenvalue weighted by Gasteiger charge is 2.09. The number of aromatic nitrogens is 4. The molecule has 0 amide bonds. The molecule has 0 aliphatic carbocycles. The maximum atomic E-state index is 11.7. The second-order valence-corrected chi connectivity index (χ2v) is 5.09. The lowest BCUT2D eigenvalue weighted by atomic mass is 10.4. The Morgan fingerprint density at radius 1 is 1.40 bits per heavy atom. The standard InChI is InChI=1S/C12H17N5O2S/c1-3-6-13-12-15-14-11(20-12)9-4-5-10(18)17(16-9)7-8-19-2/h4-5H,3,6-8H2,1-2H3,(H,13,15). The first-order valence-corrected chi connectivity index (χ1v) is 7.21. The van der Waals surface area contributed by atoms with Crippen LogP contribution in [0.25, 0.3) is 10.7 Å². The SMILES string of the molecule is CCCNc1nnc(-c2ccc(=O)n(CCOC)n2)s1. The van der Waals surface area contributed by atoms with Crippen LogP contribution in [0.1, 0.15) is 13.3 Å². The zero-order valence-electron chi connectivity index (χ0n) is 11.5. The van der Waals surface area contributed by atoms with Gasteiger partial charge in [0.05, 0.1) is 13.2 Å². The first-order chi connectivity index (χ1) is 9.74. The highest BCUT2D eigenvalue weighted by molar-refractivity contribution is 7.18. The summed E-state index contributed by atoms with van der Waals surface area (Å²) in [4.78, 5) is 11.7. The fourth-order valence-corrected chi connectivity index (χ4v) is 2.27. The van der Waals surface area contributed by atoms with E-state index >= 15 is 0 Å². The summed E-state index contributed by atoms with van der Waals surface area (Å²) < 4.78 is 6.33. The Bertz CT molecular complexity index is 610. The van der Waals surface area contributed by atoms with Crippen molar-refractivity contribution in [3.8, 4) is 10.7 Å². The average Bonchev–Trinajstić information content (AvgIpc) is 2.93. The average molecular weight is 295 g/mol. The van der Waals surface area contributed by atoms with Gasteiger partial charge in [-0.05, 0) is 12.5 Å². The molecular weight excluding hydrogens is 278 g/mol. The topological polar surface area (TPSA) is 81.9 Å². The molecule has 7 nitrogen and oxygen atoms in total. The molecule has 0 atom stereocenters. The molecule has 0 bridgehead atoms. The highest BCUT2D eigenvalue weighted by Crippen LogP contribution is 2.23. The Morgan fingerprint density at radius 2 is 2.25 bits per heavy atom. The van der Waals surface area contributed by atoms with Gasteiger partial charge in [0.1, 0.15) is 5.69 Å². The summed E-state index contributed by atoms with van der Waals surface area (Å²) in [6, 6.07) is 3.15. The summed E-state index contributed by atoms with van der Waals surface area (Å²) >= 11 is 1.42. The van der Waals surface area contributed by atoms with Crippen LogP contribution in [0.4, 0.5) is 5.13 Å². The zero-order chi connectivity index (χ0) is 14.4. The number of methoxy groups -OCH3 is 1. The Morgan fingerprint density at radius 3 is 3.00 bits per heavy atom. The van der Waals surface area contributed by atoms with Gasteiger partial charge in [-0.1, -0.05) is 18.3 Å². The van der Waals surface area contributed by atoms with Crippen LogP contribution in [0.5, 0.6) is 0 Å².